The molecule has 11 nitrogen and oxygen atoms in total. The van der Waals surface area contributed by atoms with Gasteiger partial charge >= 0.3 is 11.9 Å². The summed E-state index contributed by atoms with van der Waals surface area (Å²) in [6.45, 7) is -0.632. The molecule has 9 atom stereocenters. The molecule has 0 unspecified atom stereocenters. The van der Waals surface area contributed by atoms with E-state index in [1.54, 1.807) is 0 Å². The fourth-order valence-electron chi connectivity index (χ4n) is 4.13. The Morgan fingerprint density at radius 1 is 1.14 bits per heavy atom. The van der Waals surface area contributed by atoms with Gasteiger partial charge in [-0.1, -0.05) is 0 Å². The fourth-order valence-corrected chi connectivity index (χ4v) is 4.13. The summed E-state index contributed by atoms with van der Waals surface area (Å²) < 4.78 is 21.1. The first-order chi connectivity index (χ1) is 13.3. The van der Waals surface area contributed by atoms with E-state index in [1.807, 2.05) is 0 Å². The third-order valence-corrected chi connectivity index (χ3v) is 5.62. The number of rotatable bonds is 5. The summed E-state index contributed by atoms with van der Waals surface area (Å²) in [5.74, 6) is -3.83. The van der Waals surface area contributed by atoms with Gasteiger partial charge in [0, 0.05) is 11.8 Å². The molecular formula is C17H24O11. The van der Waals surface area contributed by atoms with Crippen LogP contribution in [0.4, 0.5) is 0 Å². The first-order valence-electron chi connectivity index (χ1n) is 8.92. The number of methoxy groups -OCH3 is 1. The quantitative estimate of drug-likeness (QED) is 0.319. The molecule has 28 heavy (non-hydrogen) atoms. The Morgan fingerprint density at radius 3 is 2.46 bits per heavy atom. The van der Waals surface area contributed by atoms with Crippen LogP contribution >= 0.6 is 0 Å². The normalized spacial score (nSPS) is 42.9. The van der Waals surface area contributed by atoms with E-state index < -0.39 is 73.3 Å². The van der Waals surface area contributed by atoms with Crippen LogP contribution in [0.3, 0.4) is 0 Å². The average Bonchev–Trinajstić information content (AvgIpc) is 3.13. The highest BCUT2D eigenvalue weighted by molar-refractivity contribution is 5.89. The molecule has 11 heteroatoms. The Balaban J connectivity index is 1.83. The van der Waals surface area contributed by atoms with Crippen molar-refractivity contribution < 1.29 is 54.1 Å². The summed E-state index contributed by atoms with van der Waals surface area (Å²) in [5.41, 5.74) is 0.199. The van der Waals surface area contributed by atoms with Gasteiger partial charge in [0.05, 0.1) is 31.5 Å². The lowest BCUT2D eigenvalue weighted by Gasteiger charge is -2.43. The number of carboxylic acid groups (broad SMARTS) is 1. The van der Waals surface area contributed by atoms with Gasteiger partial charge in [0.15, 0.2) is 6.29 Å². The maximum atomic E-state index is 12.0. The number of carbonyl (C=O) groups is 2. The van der Waals surface area contributed by atoms with Crippen LogP contribution in [0, 0.1) is 17.8 Å². The number of hydrogen-bond acceptors (Lipinski definition) is 10. The first-order valence-corrected chi connectivity index (χ1v) is 8.92. The number of aliphatic hydroxyl groups is 4. The molecule has 5 N–H and O–H groups in total. The van der Waals surface area contributed by atoms with Crippen molar-refractivity contribution in [2.24, 2.45) is 17.8 Å². The summed E-state index contributed by atoms with van der Waals surface area (Å²) in [4.78, 5) is 23.6. The maximum absolute atomic E-state index is 12.0. The molecule has 0 spiro atoms. The van der Waals surface area contributed by atoms with Crippen LogP contribution in [0.15, 0.2) is 11.8 Å². The van der Waals surface area contributed by atoms with E-state index in [4.69, 9.17) is 18.9 Å². The van der Waals surface area contributed by atoms with E-state index in [0.29, 0.717) is 6.42 Å². The number of ether oxygens (including phenoxy) is 4. The first kappa shape index (κ1) is 21.0. The van der Waals surface area contributed by atoms with Crippen molar-refractivity contribution in [1.29, 1.82) is 0 Å². The molecular weight excluding hydrogens is 380 g/mol. The highest BCUT2D eigenvalue weighted by atomic mass is 16.8. The molecule has 1 saturated heterocycles. The van der Waals surface area contributed by atoms with E-state index in [-0.39, 0.29) is 12.0 Å². The van der Waals surface area contributed by atoms with Gasteiger partial charge in [-0.25, -0.2) is 4.79 Å². The molecule has 3 rings (SSSR count). The molecule has 0 radical (unpaired) electrons. The van der Waals surface area contributed by atoms with Gasteiger partial charge in [0.1, 0.15) is 24.4 Å². The molecule has 0 aromatic carbocycles. The molecule has 1 aliphatic carbocycles. The van der Waals surface area contributed by atoms with Gasteiger partial charge < -0.3 is 44.5 Å². The number of carbonyl (C=O) groups excluding carboxylic acids is 1. The summed E-state index contributed by atoms with van der Waals surface area (Å²) in [7, 11) is 1.21. The van der Waals surface area contributed by atoms with Crippen molar-refractivity contribution in [3.05, 3.63) is 11.8 Å². The lowest BCUT2D eigenvalue weighted by atomic mass is 9.83. The zero-order valence-corrected chi connectivity index (χ0v) is 15.1. The number of fused-ring (bicyclic) bond motifs is 1. The molecule has 1 saturated carbocycles. The van der Waals surface area contributed by atoms with Gasteiger partial charge in [-0.2, -0.15) is 0 Å². The van der Waals surface area contributed by atoms with Crippen LogP contribution in [0.25, 0.3) is 0 Å². The molecule has 0 aromatic rings. The van der Waals surface area contributed by atoms with Crippen molar-refractivity contribution >= 4 is 11.9 Å². The Morgan fingerprint density at radius 2 is 1.86 bits per heavy atom. The molecule has 2 aliphatic heterocycles. The smallest absolute Gasteiger partial charge is 0.337 e. The topological polar surface area (TPSA) is 172 Å². The average molecular weight is 404 g/mol. The third-order valence-electron chi connectivity index (χ3n) is 5.62. The Labute approximate surface area is 160 Å². The molecule has 2 fully saturated rings. The zero-order valence-electron chi connectivity index (χ0n) is 15.1. The van der Waals surface area contributed by atoms with Crippen LogP contribution in [-0.2, 0) is 28.5 Å². The number of aliphatic carboxylic acids is 1. The number of esters is 1. The molecule has 0 bridgehead atoms. The number of hydrogen-bond donors (Lipinski definition) is 5. The van der Waals surface area contributed by atoms with Gasteiger partial charge in [-0.05, 0) is 12.8 Å². The third kappa shape index (κ3) is 3.61. The molecule has 158 valence electrons. The van der Waals surface area contributed by atoms with Gasteiger partial charge in [-0.3, -0.25) is 4.79 Å². The summed E-state index contributed by atoms with van der Waals surface area (Å²) in [6.07, 6.45) is -6.87. The predicted molar refractivity (Wildman–Crippen MR) is 87.2 cm³/mol. The highest BCUT2D eigenvalue weighted by Crippen LogP contribution is 2.47. The SMILES string of the molecule is COC(=O)C1=CO[C@@H](O[C@@H]2O[C@H](CO)[C@@H](O)[C@H](O)[C@H]2O)[C@@H]2[C@@H](C(=O)O)CC[C@H]12. The fraction of sp³-hybridized carbons (Fsp3) is 0.765. The molecule has 0 aromatic heterocycles. The lowest BCUT2D eigenvalue weighted by Crippen LogP contribution is -2.60. The van der Waals surface area contributed by atoms with Gasteiger partial charge in [0.2, 0.25) is 6.29 Å². The lowest BCUT2D eigenvalue weighted by molar-refractivity contribution is -0.342. The summed E-state index contributed by atoms with van der Waals surface area (Å²) >= 11 is 0. The second kappa shape index (κ2) is 8.31. The van der Waals surface area contributed by atoms with E-state index in [1.165, 1.54) is 7.11 Å². The van der Waals surface area contributed by atoms with Crippen LogP contribution < -0.4 is 0 Å². The Bertz CT molecular complexity index is 633. The molecule has 0 amide bonds. The summed E-state index contributed by atoms with van der Waals surface area (Å²) in [6, 6.07) is 0. The van der Waals surface area contributed by atoms with E-state index in [2.05, 4.69) is 0 Å². The van der Waals surface area contributed by atoms with Crippen LogP contribution in [-0.4, -0.2) is 88.2 Å². The van der Waals surface area contributed by atoms with Crippen molar-refractivity contribution in [3.8, 4) is 0 Å². The largest absolute Gasteiger partial charge is 0.481 e. The van der Waals surface area contributed by atoms with Crippen LogP contribution in [0.1, 0.15) is 12.8 Å². The monoisotopic (exact) mass is 404 g/mol. The second-order valence-corrected chi connectivity index (χ2v) is 7.11. The minimum absolute atomic E-state index is 0.199. The second-order valence-electron chi connectivity index (χ2n) is 7.11. The van der Waals surface area contributed by atoms with Crippen molar-refractivity contribution in [2.75, 3.05) is 13.7 Å². The van der Waals surface area contributed by atoms with Crippen molar-refractivity contribution in [1.82, 2.24) is 0 Å². The van der Waals surface area contributed by atoms with E-state index >= 15 is 0 Å². The Kier molecular flexibility index (Phi) is 6.22. The van der Waals surface area contributed by atoms with Crippen molar-refractivity contribution in [3.63, 3.8) is 0 Å². The van der Waals surface area contributed by atoms with Gasteiger partial charge in [0.25, 0.3) is 0 Å². The van der Waals surface area contributed by atoms with Gasteiger partial charge in [-0.15, -0.1) is 0 Å². The van der Waals surface area contributed by atoms with Crippen LogP contribution in [0.2, 0.25) is 0 Å². The van der Waals surface area contributed by atoms with E-state index in [9.17, 15) is 35.1 Å². The van der Waals surface area contributed by atoms with Crippen LogP contribution in [0.5, 0.6) is 0 Å². The highest BCUT2D eigenvalue weighted by Gasteiger charge is 2.53. The minimum Gasteiger partial charge on any atom is -0.481 e. The molecule has 2 heterocycles. The van der Waals surface area contributed by atoms with Crippen molar-refractivity contribution in [2.45, 2.75) is 49.8 Å². The van der Waals surface area contributed by atoms with E-state index in [0.717, 1.165) is 6.26 Å². The molecule has 3 aliphatic rings. The summed E-state index contributed by atoms with van der Waals surface area (Å²) in [5, 5.41) is 48.7. The standard InChI is InChI=1S/C17H24O11/c1-25-15(24)8-5-26-16(10-6(8)2-3-7(10)14(22)23)28-17-13(21)12(20)11(19)9(4-18)27-17/h5-7,9-13,16-21H,2-4H2,1H3,(H,22,23)/t6-,7+,9-,10+,11-,12+,13-,16+,17+/m1/s1. The Hall–Kier alpha value is -1.76. The number of aliphatic hydroxyl groups excluding tert-OH is 4. The minimum atomic E-state index is -1.66. The predicted octanol–water partition coefficient (Wildman–Crippen LogP) is -2.06. The maximum Gasteiger partial charge on any atom is 0.337 e. The number of carboxylic acids is 1. The zero-order chi connectivity index (χ0) is 20.6.